The zero-order chi connectivity index (χ0) is 24.5. The molecule has 0 spiro atoms. The maximum atomic E-state index is 13.1. The van der Waals surface area contributed by atoms with Crippen molar-refractivity contribution in [3.8, 4) is 5.75 Å². The summed E-state index contributed by atoms with van der Waals surface area (Å²) >= 11 is 1.46. The molecule has 1 unspecified atom stereocenters. The molecule has 1 atom stereocenters. The first-order valence-electron chi connectivity index (χ1n) is 10.3. The number of benzene rings is 3. The zero-order valence-electron chi connectivity index (χ0n) is 18.3. The van der Waals surface area contributed by atoms with Crippen molar-refractivity contribution < 1.29 is 27.8 Å². The number of carbonyl (C=O) groups is 1. The molecule has 4 rings (SSSR count). The van der Waals surface area contributed by atoms with Gasteiger partial charge in [-0.3, -0.25) is 5.10 Å². The van der Waals surface area contributed by atoms with Crippen LogP contribution < -0.4 is 4.74 Å². The Morgan fingerprint density at radius 2 is 1.71 bits per heavy atom. The minimum absolute atomic E-state index is 0.325. The van der Waals surface area contributed by atoms with Crippen LogP contribution in [0.1, 0.15) is 35.8 Å². The quantitative estimate of drug-likeness (QED) is 0.284. The summed E-state index contributed by atoms with van der Waals surface area (Å²) in [6.07, 6.45) is -2.71. The van der Waals surface area contributed by atoms with Crippen LogP contribution in [0.3, 0.4) is 0 Å². The van der Waals surface area contributed by atoms with Crippen LogP contribution in [-0.4, -0.2) is 26.9 Å². The van der Waals surface area contributed by atoms with Gasteiger partial charge in [-0.05, 0) is 61.4 Å². The number of para-hydroxylation sites is 1. The average molecular weight is 487 g/mol. The first-order valence-corrected chi connectivity index (χ1v) is 11.2. The molecule has 0 amide bonds. The molecule has 0 fully saturated rings. The lowest BCUT2D eigenvalue weighted by Crippen LogP contribution is -2.37. The number of aromatic nitrogens is 2. The van der Waals surface area contributed by atoms with E-state index in [-0.39, 0.29) is 5.25 Å². The predicted molar refractivity (Wildman–Crippen MR) is 124 cm³/mol. The van der Waals surface area contributed by atoms with Crippen LogP contribution in [0, 0.1) is 0 Å². The Morgan fingerprint density at radius 1 is 1.03 bits per heavy atom. The van der Waals surface area contributed by atoms with Crippen molar-refractivity contribution in [3.05, 3.63) is 89.6 Å². The number of nitrogens with one attached hydrogen (secondary N) is 1. The number of aliphatic carboxylic acids is 1. The van der Waals surface area contributed by atoms with Crippen molar-refractivity contribution in [2.24, 2.45) is 0 Å². The molecule has 0 aliphatic heterocycles. The van der Waals surface area contributed by atoms with Crippen molar-refractivity contribution in [1.82, 2.24) is 10.2 Å². The van der Waals surface area contributed by atoms with Gasteiger partial charge < -0.3 is 9.84 Å². The van der Waals surface area contributed by atoms with Gasteiger partial charge in [0, 0.05) is 10.3 Å². The summed E-state index contributed by atoms with van der Waals surface area (Å²) < 4.78 is 44.8. The number of hydrogen-bond donors (Lipinski definition) is 2. The van der Waals surface area contributed by atoms with E-state index in [2.05, 4.69) is 10.2 Å². The van der Waals surface area contributed by atoms with Crippen molar-refractivity contribution in [2.45, 2.75) is 35.8 Å². The molecule has 0 bridgehead atoms. The Balaban J connectivity index is 1.68. The molecular weight excluding hydrogens is 465 g/mol. The molecule has 0 radical (unpaired) electrons. The van der Waals surface area contributed by atoms with Gasteiger partial charge in [-0.25, -0.2) is 4.79 Å². The smallest absolute Gasteiger partial charge is 0.416 e. The normalized spacial score (nSPS) is 13.1. The maximum Gasteiger partial charge on any atom is 0.416 e. The zero-order valence-corrected chi connectivity index (χ0v) is 19.1. The summed E-state index contributed by atoms with van der Waals surface area (Å²) in [6.45, 7) is 2.92. The molecule has 0 aliphatic carbocycles. The van der Waals surface area contributed by atoms with E-state index in [9.17, 15) is 23.1 Å². The van der Waals surface area contributed by atoms with E-state index < -0.39 is 23.3 Å². The minimum atomic E-state index is -4.41. The summed E-state index contributed by atoms with van der Waals surface area (Å²) in [4.78, 5) is 12.1. The molecule has 1 aromatic heterocycles. The Morgan fingerprint density at radius 3 is 2.32 bits per heavy atom. The molecular formula is C25H21F3N2O3S. The summed E-state index contributed by atoms with van der Waals surface area (Å²) in [6, 6.07) is 17.8. The van der Waals surface area contributed by atoms with Crippen LogP contribution in [0.25, 0.3) is 10.9 Å². The lowest BCUT2D eigenvalue weighted by atomic mass is 10.0. The number of hydrogen-bond acceptors (Lipinski definition) is 4. The lowest BCUT2D eigenvalue weighted by Gasteiger charge is -2.22. The second-order valence-electron chi connectivity index (χ2n) is 8.19. The van der Waals surface area contributed by atoms with Crippen molar-refractivity contribution in [2.75, 3.05) is 0 Å². The number of halogens is 3. The van der Waals surface area contributed by atoms with E-state index in [1.165, 1.54) is 37.7 Å². The van der Waals surface area contributed by atoms with Gasteiger partial charge in [-0.15, -0.1) is 11.8 Å². The summed E-state index contributed by atoms with van der Waals surface area (Å²) in [5.74, 6) is -0.681. The van der Waals surface area contributed by atoms with Gasteiger partial charge >= 0.3 is 12.1 Å². The highest BCUT2D eigenvalue weighted by atomic mass is 32.2. The molecule has 0 saturated carbocycles. The number of carboxylic acids is 1. The second-order valence-corrected chi connectivity index (χ2v) is 9.37. The molecule has 1 heterocycles. The van der Waals surface area contributed by atoms with E-state index >= 15 is 0 Å². The molecule has 34 heavy (non-hydrogen) atoms. The fourth-order valence-corrected chi connectivity index (χ4v) is 4.61. The van der Waals surface area contributed by atoms with Crippen molar-refractivity contribution >= 4 is 28.6 Å². The number of carboxylic acid groups (broad SMARTS) is 1. The second kappa shape index (κ2) is 9.06. The SMILES string of the molecule is CC(C)(Oc1ccc(SC(c2ccc(C(F)(F)F)cc2)c2cccc3cn[nH]c23)cc1)C(=O)O. The van der Waals surface area contributed by atoms with E-state index in [1.807, 2.05) is 18.2 Å². The van der Waals surface area contributed by atoms with Gasteiger partial charge in [0.05, 0.1) is 22.5 Å². The largest absolute Gasteiger partial charge is 0.478 e. The van der Waals surface area contributed by atoms with Crippen LogP contribution in [0.2, 0.25) is 0 Å². The first kappa shape index (κ1) is 23.7. The van der Waals surface area contributed by atoms with Gasteiger partial charge in [-0.1, -0.05) is 30.3 Å². The molecule has 0 saturated heterocycles. The number of fused-ring (bicyclic) bond motifs is 1. The molecule has 2 N–H and O–H groups in total. The van der Waals surface area contributed by atoms with E-state index in [4.69, 9.17) is 4.74 Å². The Labute approximate surface area is 198 Å². The number of H-pyrrole nitrogens is 1. The number of nitrogens with zero attached hydrogens (tertiary/aromatic N) is 1. The molecule has 9 heteroatoms. The first-order chi connectivity index (χ1) is 16.0. The molecule has 0 aliphatic rings. The third-order valence-corrected chi connectivity index (χ3v) is 6.60. The minimum Gasteiger partial charge on any atom is -0.478 e. The third kappa shape index (κ3) is 5.04. The number of thioether (sulfide) groups is 1. The number of alkyl halides is 3. The van der Waals surface area contributed by atoms with Gasteiger partial charge in [0.2, 0.25) is 0 Å². The lowest BCUT2D eigenvalue weighted by molar-refractivity contribution is -0.152. The Hall–Kier alpha value is -3.46. The molecule has 5 nitrogen and oxygen atoms in total. The monoisotopic (exact) mass is 486 g/mol. The average Bonchev–Trinajstić information content (AvgIpc) is 3.27. The summed E-state index contributed by atoms with van der Waals surface area (Å²) in [5.41, 5.74) is 0.304. The maximum absolute atomic E-state index is 13.1. The number of aromatic amines is 1. The van der Waals surface area contributed by atoms with Crippen LogP contribution in [0.15, 0.2) is 77.8 Å². The van der Waals surface area contributed by atoms with E-state index in [1.54, 1.807) is 30.5 Å². The fourth-order valence-electron chi connectivity index (χ4n) is 3.43. The molecule has 4 aromatic rings. The van der Waals surface area contributed by atoms with Crippen LogP contribution >= 0.6 is 11.8 Å². The highest BCUT2D eigenvalue weighted by Crippen LogP contribution is 2.43. The van der Waals surface area contributed by atoms with Gasteiger partial charge in [0.25, 0.3) is 0 Å². The van der Waals surface area contributed by atoms with Gasteiger partial charge in [-0.2, -0.15) is 18.3 Å². The number of ether oxygens (including phenoxy) is 1. The summed E-state index contributed by atoms with van der Waals surface area (Å²) in [5, 5.41) is 16.9. The fraction of sp³-hybridized carbons (Fsp3) is 0.200. The highest BCUT2D eigenvalue weighted by molar-refractivity contribution is 7.99. The predicted octanol–water partition coefficient (Wildman–Crippen LogP) is 6.71. The van der Waals surface area contributed by atoms with E-state index in [0.717, 1.165) is 33.5 Å². The van der Waals surface area contributed by atoms with Crippen molar-refractivity contribution in [3.63, 3.8) is 0 Å². The Bertz CT molecular complexity index is 1300. The molecule has 3 aromatic carbocycles. The molecule has 176 valence electrons. The highest BCUT2D eigenvalue weighted by Gasteiger charge is 2.31. The van der Waals surface area contributed by atoms with Crippen molar-refractivity contribution in [1.29, 1.82) is 0 Å². The number of rotatable bonds is 7. The van der Waals surface area contributed by atoms with E-state index in [0.29, 0.717) is 11.3 Å². The summed E-state index contributed by atoms with van der Waals surface area (Å²) in [7, 11) is 0. The standard InChI is InChI=1S/C25H21F3N2O3S/c1-24(2,23(31)32)33-18-10-12-19(13-11-18)34-22(15-6-8-17(9-7-15)25(26,27)28)20-5-3-4-16-14-29-30-21(16)20/h3-14,22H,1-2H3,(H,29,30)(H,31,32). The van der Waals surface area contributed by atoms with Gasteiger partial charge in [0.1, 0.15) is 5.75 Å². The van der Waals surface area contributed by atoms with Gasteiger partial charge in [0.15, 0.2) is 5.60 Å². The van der Waals surface area contributed by atoms with Crippen LogP contribution in [-0.2, 0) is 11.0 Å². The van der Waals surface area contributed by atoms with Crippen LogP contribution in [0.4, 0.5) is 13.2 Å². The third-order valence-electron chi connectivity index (χ3n) is 5.30. The topological polar surface area (TPSA) is 75.2 Å². The Kier molecular flexibility index (Phi) is 6.31. The van der Waals surface area contributed by atoms with Crippen LogP contribution in [0.5, 0.6) is 5.75 Å².